The molecule has 2 aromatic carbocycles. The van der Waals surface area contributed by atoms with Gasteiger partial charge in [0.25, 0.3) is 0 Å². The molecule has 0 saturated heterocycles. The highest BCUT2D eigenvalue weighted by Gasteiger charge is 2.30. The summed E-state index contributed by atoms with van der Waals surface area (Å²) in [5.41, 5.74) is 2.05. The number of hydrogen-bond donors (Lipinski definition) is 2. The second-order valence-electron chi connectivity index (χ2n) is 6.81. The van der Waals surface area contributed by atoms with Crippen LogP contribution in [0.3, 0.4) is 0 Å². The number of aromatic nitrogens is 1. The Kier molecular flexibility index (Phi) is 5.04. The maximum atomic E-state index is 12.5. The monoisotopic (exact) mass is 425 g/mol. The van der Waals surface area contributed by atoms with Gasteiger partial charge in [-0.2, -0.15) is 0 Å². The highest BCUT2D eigenvalue weighted by atomic mass is 32.2. The van der Waals surface area contributed by atoms with E-state index in [1.807, 2.05) is 24.3 Å². The van der Waals surface area contributed by atoms with Gasteiger partial charge in [-0.3, -0.25) is 0 Å². The van der Waals surface area contributed by atoms with E-state index in [9.17, 15) is 23.1 Å². The number of carbonyl (C=O) groups is 2. The first kappa shape index (κ1) is 19.7. The van der Waals surface area contributed by atoms with Crippen LogP contribution >= 0.6 is 0 Å². The topological polar surface area (TPSA) is 128 Å². The van der Waals surface area contributed by atoms with Crippen LogP contribution in [0.25, 0.3) is 17.0 Å². The third kappa shape index (κ3) is 3.67. The standard InChI is InChI=1S/C21H18N2O6S/c24-20(25)18(10-14-11-22-17-7-3-2-6-16(14)17)23-21(26)29-12-15-9-13-5-1-4-8-19(13)30(15,27)28/h1-9,11,18,22H,10,12H2,(H,23,26)(H,24,25)/p-1/t18-/m0/s1. The summed E-state index contributed by atoms with van der Waals surface area (Å²) in [4.78, 5) is 26.8. The molecule has 4 rings (SSSR count). The van der Waals surface area contributed by atoms with Crippen molar-refractivity contribution in [3.63, 3.8) is 0 Å². The Balaban J connectivity index is 1.42. The number of hydrogen-bond acceptors (Lipinski definition) is 6. The number of rotatable bonds is 6. The van der Waals surface area contributed by atoms with Crippen LogP contribution in [0.1, 0.15) is 11.1 Å². The molecule has 0 aliphatic carbocycles. The first-order chi connectivity index (χ1) is 14.4. The number of H-pyrrole nitrogens is 1. The lowest BCUT2D eigenvalue weighted by atomic mass is 10.1. The highest BCUT2D eigenvalue weighted by molar-refractivity contribution is 7.95. The number of amides is 1. The Labute approximate surface area is 172 Å². The molecule has 1 aliphatic heterocycles. The fourth-order valence-electron chi connectivity index (χ4n) is 3.39. The lowest BCUT2D eigenvalue weighted by Crippen LogP contribution is -2.49. The average Bonchev–Trinajstić information content (AvgIpc) is 3.24. The summed E-state index contributed by atoms with van der Waals surface area (Å²) >= 11 is 0. The first-order valence-electron chi connectivity index (χ1n) is 9.10. The fourth-order valence-corrected chi connectivity index (χ4v) is 4.86. The molecule has 1 amide bonds. The van der Waals surface area contributed by atoms with Crippen molar-refractivity contribution in [2.75, 3.05) is 6.61 Å². The van der Waals surface area contributed by atoms with Crippen molar-refractivity contribution in [2.45, 2.75) is 17.4 Å². The summed E-state index contributed by atoms with van der Waals surface area (Å²) in [7, 11) is -3.73. The zero-order valence-corrected chi connectivity index (χ0v) is 16.4. The van der Waals surface area contributed by atoms with Crippen LogP contribution in [0, 0.1) is 0 Å². The maximum absolute atomic E-state index is 12.5. The van der Waals surface area contributed by atoms with Crippen LogP contribution in [0.5, 0.6) is 0 Å². The van der Waals surface area contributed by atoms with E-state index in [4.69, 9.17) is 4.74 Å². The van der Waals surface area contributed by atoms with Crippen LogP contribution in [-0.2, 0) is 25.8 Å². The molecule has 1 aromatic heterocycles. The highest BCUT2D eigenvalue weighted by Crippen LogP contribution is 2.32. The molecule has 0 fully saturated rings. The number of carboxylic acids is 1. The van der Waals surface area contributed by atoms with Crippen molar-refractivity contribution in [3.8, 4) is 0 Å². The summed E-state index contributed by atoms with van der Waals surface area (Å²) < 4.78 is 29.9. The molecule has 0 unspecified atom stereocenters. The molecular weight excluding hydrogens is 408 g/mol. The maximum Gasteiger partial charge on any atom is 0.408 e. The molecule has 0 bridgehead atoms. The van der Waals surface area contributed by atoms with Gasteiger partial charge >= 0.3 is 6.09 Å². The van der Waals surface area contributed by atoms with Crippen molar-refractivity contribution in [2.24, 2.45) is 0 Å². The summed E-state index contributed by atoms with van der Waals surface area (Å²) in [6, 6.07) is 12.4. The summed E-state index contributed by atoms with van der Waals surface area (Å²) in [5.74, 6) is -1.47. The normalized spacial score (nSPS) is 15.3. The number of sulfone groups is 1. The predicted octanol–water partition coefficient (Wildman–Crippen LogP) is 1.38. The van der Waals surface area contributed by atoms with Crippen LogP contribution < -0.4 is 10.4 Å². The van der Waals surface area contributed by atoms with Crippen LogP contribution in [0.2, 0.25) is 0 Å². The number of carbonyl (C=O) groups excluding carboxylic acids is 2. The molecule has 0 radical (unpaired) electrons. The molecule has 30 heavy (non-hydrogen) atoms. The molecule has 8 nitrogen and oxygen atoms in total. The van der Waals surface area contributed by atoms with Gasteiger partial charge in [-0.15, -0.1) is 0 Å². The van der Waals surface area contributed by atoms with Gasteiger partial charge in [0.2, 0.25) is 9.84 Å². The van der Waals surface area contributed by atoms with Gasteiger partial charge in [0.05, 0.1) is 21.8 Å². The summed E-state index contributed by atoms with van der Waals surface area (Å²) in [5, 5.41) is 14.6. The van der Waals surface area contributed by atoms with Crippen molar-refractivity contribution in [3.05, 3.63) is 70.8 Å². The van der Waals surface area contributed by atoms with Gasteiger partial charge in [-0.25, -0.2) is 13.2 Å². The molecule has 2 heterocycles. The molecule has 154 valence electrons. The molecule has 1 atom stereocenters. The van der Waals surface area contributed by atoms with Crippen LogP contribution in [-0.4, -0.2) is 38.1 Å². The Morgan fingerprint density at radius 2 is 1.83 bits per heavy atom. The second kappa shape index (κ2) is 7.68. The van der Waals surface area contributed by atoms with E-state index in [-0.39, 0.29) is 16.2 Å². The summed E-state index contributed by atoms with van der Waals surface area (Å²) in [6.45, 7) is -0.504. The molecular formula is C21H17N2O6S-. The van der Waals surface area contributed by atoms with Gasteiger partial charge in [0.1, 0.15) is 6.61 Å². The number of para-hydroxylation sites is 1. The van der Waals surface area contributed by atoms with Gasteiger partial charge < -0.3 is 24.9 Å². The Morgan fingerprint density at radius 3 is 2.60 bits per heavy atom. The quantitative estimate of drug-likeness (QED) is 0.614. The number of alkyl carbamates (subject to hydrolysis) is 1. The predicted molar refractivity (Wildman–Crippen MR) is 107 cm³/mol. The van der Waals surface area contributed by atoms with E-state index >= 15 is 0 Å². The van der Waals surface area contributed by atoms with Crippen LogP contribution in [0.15, 0.2) is 64.5 Å². The van der Waals surface area contributed by atoms with Gasteiger partial charge in [0.15, 0.2) is 0 Å². The van der Waals surface area contributed by atoms with E-state index in [0.717, 1.165) is 10.9 Å². The third-order valence-electron chi connectivity index (χ3n) is 4.89. The minimum atomic E-state index is -3.73. The second-order valence-corrected chi connectivity index (χ2v) is 8.78. The minimum absolute atomic E-state index is 0.0200. The number of nitrogens with one attached hydrogen (secondary N) is 2. The van der Waals surface area contributed by atoms with E-state index in [1.165, 1.54) is 12.1 Å². The van der Waals surface area contributed by atoms with Crippen molar-refractivity contribution in [1.82, 2.24) is 10.3 Å². The van der Waals surface area contributed by atoms with Crippen molar-refractivity contribution in [1.29, 1.82) is 0 Å². The van der Waals surface area contributed by atoms with Crippen molar-refractivity contribution >= 4 is 38.9 Å². The molecule has 0 saturated carbocycles. The van der Waals surface area contributed by atoms with E-state index in [1.54, 1.807) is 24.4 Å². The fraction of sp³-hybridized carbons (Fsp3) is 0.143. The zero-order valence-electron chi connectivity index (χ0n) is 15.6. The van der Waals surface area contributed by atoms with E-state index in [2.05, 4.69) is 10.3 Å². The number of ether oxygens (including phenoxy) is 1. The number of benzene rings is 2. The van der Waals surface area contributed by atoms with Gasteiger partial charge in [-0.1, -0.05) is 36.4 Å². The van der Waals surface area contributed by atoms with E-state index in [0.29, 0.717) is 11.1 Å². The largest absolute Gasteiger partial charge is 0.548 e. The SMILES string of the molecule is O=C(N[C@@H](Cc1c[nH]c2ccccc12)C(=O)[O-])OCC1=Cc2ccccc2S1(=O)=O. The van der Waals surface area contributed by atoms with Gasteiger partial charge in [-0.05, 0) is 29.3 Å². The summed E-state index contributed by atoms with van der Waals surface area (Å²) in [6.07, 6.45) is 2.03. The molecule has 9 heteroatoms. The lowest BCUT2D eigenvalue weighted by Gasteiger charge is -2.19. The number of fused-ring (bicyclic) bond motifs is 2. The Morgan fingerprint density at radius 1 is 1.10 bits per heavy atom. The molecule has 1 aliphatic rings. The number of aliphatic carboxylic acids is 1. The minimum Gasteiger partial charge on any atom is -0.548 e. The Bertz CT molecular complexity index is 1280. The first-order valence-corrected chi connectivity index (χ1v) is 10.6. The van der Waals surface area contributed by atoms with E-state index < -0.39 is 34.5 Å². The smallest absolute Gasteiger partial charge is 0.408 e. The van der Waals surface area contributed by atoms with Gasteiger partial charge in [0, 0.05) is 23.5 Å². The average molecular weight is 425 g/mol. The molecule has 2 N–H and O–H groups in total. The van der Waals surface area contributed by atoms with Crippen molar-refractivity contribution < 1.29 is 27.9 Å². The lowest BCUT2D eigenvalue weighted by molar-refractivity contribution is -0.308. The number of aromatic amines is 1. The Hall–Kier alpha value is -3.59. The number of carboxylic acid groups (broad SMARTS) is 1. The van der Waals surface area contributed by atoms with Crippen LogP contribution in [0.4, 0.5) is 4.79 Å². The zero-order chi connectivity index (χ0) is 21.3. The molecule has 0 spiro atoms. The third-order valence-corrected chi connectivity index (χ3v) is 6.77. The molecule has 3 aromatic rings.